The summed E-state index contributed by atoms with van der Waals surface area (Å²) < 4.78 is 6.49. The fourth-order valence-electron chi connectivity index (χ4n) is 1.71. The molecule has 0 amide bonds. The van der Waals surface area contributed by atoms with Crippen LogP contribution in [0.5, 0.6) is 5.06 Å². The maximum absolute atomic E-state index is 5.39. The Balaban J connectivity index is 2.23. The molecule has 0 unspecified atom stereocenters. The van der Waals surface area contributed by atoms with Crippen molar-refractivity contribution in [1.29, 1.82) is 0 Å². The van der Waals surface area contributed by atoms with E-state index in [9.17, 15) is 0 Å². The van der Waals surface area contributed by atoms with Gasteiger partial charge in [-0.25, -0.2) is 4.98 Å². The van der Waals surface area contributed by atoms with Crippen molar-refractivity contribution in [3.8, 4) is 15.6 Å². The van der Waals surface area contributed by atoms with E-state index in [1.165, 1.54) is 5.56 Å². The van der Waals surface area contributed by atoms with Gasteiger partial charge in [0.25, 0.3) is 0 Å². The number of nitrogens with zero attached hydrogens (tertiary/aromatic N) is 2. The first-order valence-corrected chi connectivity index (χ1v) is 6.82. The monoisotopic (exact) mass is 262 g/mol. The van der Waals surface area contributed by atoms with Crippen LogP contribution in [0.25, 0.3) is 20.8 Å². The van der Waals surface area contributed by atoms with E-state index in [-0.39, 0.29) is 0 Å². The predicted molar refractivity (Wildman–Crippen MR) is 72.0 cm³/mol. The summed E-state index contributed by atoms with van der Waals surface area (Å²) in [5.74, 6) is 0. The number of aryl methyl sites for hydroxylation is 1. The van der Waals surface area contributed by atoms with Gasteiger partial charge in [0.2, 0.25) is 0 Å². The average molecular weight is 262 g/mol. The van der Waals surface area contributed by atoms with Gasteiger partial charge in [-0.3, -0.25) is 4.98 Å². The molecule has 3 aromatic heterocycles. The molecular formula is C12H10N2OS2. The van der Waals surface area contributed by atoms with Crippen molar-refractivity contribution >= 4 is 32.9 Å². The Kier molecular flexibility index (Phi) is 2.57. The zero-order valence-electron chi connectivity index (χ0n) is 9.43. The highest BCUT2D eigenvalue weighted by Gasteiger charge is 2.15. The lowest BCUT2D eigenvalue weighted by Gasteiger charge is -1.99. The minimum absolute atomic E-state index is 0.925. The summed E-state index contributed by atoms with van der Waals surface area (Å²) in [4.78, 5) is 8.74. The van der Waals surface area contributed by atoms with Gasteiger partial charge in [0.05, 0.1) is 22.9 Å². The Hall–Kier alpha value is -1.46. The van der Waals surface area contributed by atoms with Crippen LogP contribution in [0.3, 0.4) is 0 Å². The second kappa shape index (κ2) is 4.09. The van der Waals surface area contributed by atoms with Crippen molar-refractivity contribution < 1.29 is 4.74 Å². The number of fused-ring (bicyclic) bond motifs is 1. The molecule has 0 spiro atoms. The molecule has 0 aliphatic rings. The summed E-state index contributed by atoms with van der Waals surface area (Å²) in [5, 5.41) is 4.02. The van der Waals surface area contributed by atoms with Crippen LogP contribution in [0.2, 0.25) is 0 Å². The third-order valence-electron chi connectivity index (χ3n) is 2.53. The van der Waals surface area contributed by atoms with E-state index in [0.717, 1.165) is 25.9 Å². The smallest absolute Gasteiger partial charge is 0.184 e. The summed E-state index contributed by atoms with van der Waals surface area (Å²) in [6.45, 7) is 2.08. The number of pyridine rings is 1. The Morgan fingerprint density at radius 1 is 1.35 bits per heavy atom. The van der Waals surface area contributed by atoms with Crippen molar-refractivity contribution in [1.82, 2.24) is 9.97 Å². The first kappa shape index (κ1) is 10.7. The van der Waals surface area contributed by atoms with Crippen LogP contribution in [-0.4, -0.2) is 17.1 Å². The third-order valence-corrected chi connectivity index (χ3v) is 4.61. The highest BCUT2D eigenvalue weighted by atomic mass is 32.1. The fraction of sp³-hybridized carbons (Fsp3) is 0.167. The summed E-state index contributed by atoms with van der Waals surface area (Å²) in [7, 11) is 1.70. The van der Waals surface area contributed by atoms with E-state index >= 15 is 0 Å². The van der Waals surface area contributed by atoms with Gasteiger partial charge in [0.15, 0.2) is 5.06 Å². The van der Waals surface area contributed by atoms with Crippen LogP contribution in [0.1, 0.15) is 5.56 Å². The molecule has 0 radical (unpaired) electrons. The van der Waals surface area contributed by atoms with Crippen LogP contribution in [0, 0.1) is 6.92 Å². The van der Waals surface area contributed by atoms with E-state index in [2.05, 4.69) is 22.3 Å². The second-order valence-electron chi connectivity index (χ2n) is 3.65. The molecule has 0 aliphatic carbocycles. The largest absolute Gasteiger partial charge is 0.487 e. The Labute approximate surface area is 107 Å². The molecule has 0 N–H and O–H groups in total. The van der Waals surface area contributed by atoms with Gasteiger partial charge in [-0.15, -0.1) is 22.7 Å². The molecule has 3 nitrogen and oxygen atoms in total. The molecule has 3 rings (SSSR count). The van der Waals surface area contributed by atoms with Gasteiger partial charge < -0.3 is 4.74 Å². The third kappa shape index (κ3) is 1.71. The van der Waals surface area contributed by atoms with Gasteiger partial charge in [-0.1, -0.05) is 0 Å². The van der Waals surface area contributed by atoms with Crippen LogP contribution in [0.4, 0.5) is 0 Å². The fourth-order valence-corrected chi connectivity index (χ4v) is 3.69. The minimum atomic E-state index is 0.925. The lowest BCUT2D eigenvalue weighted by molar-refractivity contribution is 0.428. The number of methoxy groups -OCH3 is 1. The van der Waals surface area contributed by atoms with Gasteiger partial charge in [-0.2, -0.15) is 0 Å². The van der Waals surface area contributed by atoms with Gasteiger partial charge in [0.1, 0.15) is 5.01 Å². The van der Waals surface area contributed by atoms with Crippen LogP contribution < -0.4 is 4.74 Å². The van der Waals surface area contributed by atoms with Crippen LogP contribution in [-0.2, 0) is 0 Å². The van der Waals surface area contributed by atoms with Crippen molar-refractivity contribution in [2.75, 3.05) is 7.11 Å². The lowest BCUT2D eigenvalue weighted by Crippen LogP contribution is -1.83. The van der Waals surface area contributed by atoms with Crippen molar-refractivity contribution in [3.63, 3.8) is 0 Å². The molecule has 0 saturated heterocycles. The topological polar surface area (TPSA) is 35.0 Å². The summed E-state index contributed by atoms with van der Waals surface area (Å²) in [5.41, 5.74) is 3.31. The van der Waals surface area contributed by atoms with Crippen LogP contribution in [0.15, 0.2) is 23.8 Å². The highest BCUT2D eigenvalue weighted by Crippen LogP contribution is 2.41. The average Bonchev–Trinajstić information content (AvgIpc) is 2.91. The molecule has 5 heteroatoms. The Bertz CT molecular complexity index is 639. The first-order valence-electron chi connectivity index (χ1n) is 5.12. The Morgan fingerprint density at radius 2 is 2.24 bits per heavy atom. The molecule has 0 aliphatic heterocycles. The molecule has 0 fully saturated rings. The molecule has 0 bridgehead atoms. The van der Waals surface area contributed by atoms with Crippen molar-refractivity contribution in [3.05, 3.63) is 29.4 Å². The maximum atomic E-state index is 5.39. The number of hydrogen-bond donors (Lipinski definition) is 0. The molecule has 0 saturated carbocycles. The highest BCUT2D eigenvalue weighted by molar-refractivity contribution is 7.22. The number of thiazole rings is 1. The van der Waals surface area contributed by atoms with E-state index in [4.69, 9.17) is 4.74 Å². The SMILES string of the molecule is COc1scc(C)c1-c1nc2ccncc2s1. The first-order chi connectivity index (χ1) is 8.29. The van der Waals surface area contributed by atoms with Gasteiger partial charge in [0, 0.05) is 12.4 Å². The molecule has 17 heavy (non-hydrogen) atoms. The Morgan fingerprint density at radius 3 is 3.00 bits per heavy atom. The van der Waals surface area contributed by atoms with Crippen molar-refractivity contribution in [2.45, 2.75) is 6.92 Å². The van der Waals surface area contributed by atoms with Crippen LogP contribution >= 0.6 is 22.7 Å². The molecule has 86 valence electrons. The zero-order chi connectivity index (χ0) is 11.8. The summed E-state index contributed by atoms with van der Waals surface area (Å²) >= 11 is 3.26. The normalized spacial score (nSPS) is 10.9. The molecule has 3 heterocycles. The summed E-state index contributed by atoms with van der Waals surface area (Å²) in [6.07, 6.45) is 3.62. The molecule has 0 aromatic carbocycles. The summed E-state index contributed by atoms with van der Waals surface area (Å²) in [6, 6.07) is 1.93. The number of rotatable bonds is 2. The number of hydrogen-bond acceptors (Lipinski definition) is 5. The standard InChI is InChI=1S/C12H10N2OS2/c1-7-6-16-12(15-2)10(7)11-14-8-3-4-13-5-9(8)17-11/h3-6H,1-2H3. The predicted octanol–water partition coefficient (Wildman–Crippen LogP) is 3.74. The minimum Gasteiger partial charge on any atom is -0.487 e. The lowest BCUT2D eigenvalue weighted by atomic mass is 10.2. The van der Waals surface area contributed by atoms with E-state index in [1.54, 1.807) is 36.0 Å². The number of ether oxygens (including phenoxy) is 1. The van der Waals surface area contributed by atoms with E-state index in [0.29, 0.717) is 0 Å². The molecular weight excluding hydrogens is 252 g/mol. The van der Waals surface area contributed by atoms with E-state index in [1.807, 2.05) is 12.3 Å². The molecule has 0 atom stereocenters. The maximum Gasteiger partial charge on any atom is 0.184 e. The zero-order valence-corrected chi connectivity index (χ0v) is 11.1. The van der Waals surface area contributed by atoms with Crippen molar-refractivity contribution in [2.24, 2.45) is 0 Å². The van der Waals surface area contributed by atoms with Gasteiger partial charge in [-0.05, 0) is 23.9 Å². The quantitative estimate of drug-likeness (QED) is 0.705. The van der Waals surface area contributed by atoms with E-state index < -0.39 is 0 Å². The molecule has 3 aromatic rings. The number of thiophene rings is 1. The second-order valence-corrected chi connectivity index (χ2v) is 5.52. The number of aromatic nitrogens is 2. The van der Waals surface area contributed by atoms with Gasteiger partial charge >= 0.3 is 0 Å².